The Morgan fingerprint density at radius 1 is 1.00 bits per heavy atom. The summed E-state index contributed by atoms with van der Waals surface area (Å²) in [5, 5.41) is 9.68. The van der Waals surface area contributed by atoms with Gasteiger partial charge in [0.1, 0.15) is 0 Å². The standard InChI is InChI=1S/C11H20O/c1-8(12)11(9-4-2-5-9)10-6-3-7-10/h8-12H,2-7H2,1H3. The number of hydrogen-bond donors (Lipinski definition) is 1. The molecule has 0 bridgehead atoms. The van der Waals surface area contributed by atoms with Crippen molar-refractivity contribution in [3.8, 4) is 0 Å². The van der Waals surface area contributed by atoms with Gasteiger partial charge in [0.2, 0.25) is 0 Å². The van der Waals surface area contributed by atoms with Gasteiger partial charge in [0.15, 0.2) is 0 Å². The van der Waals surface area contributed by atoms with Gasteiger partial charge in [0, 0.05) is 0 Å². The molecule has 0 heterocycles. The van der Waals surface area contributed by atoms with Crippen LogP contribution in [0.3, 0.4) is 0 Å². The Bertz CT molecular complexity index is 131. The number of hydrogen-bond acceptors (Lipinski definition) is 1. The van der Waals surface area contributed by atoms with Crippen LogP contribution >= 0.6 is 0 Å². The lowest BCUT2D eigenvalue weighted by Gasteiger charge is -2.44. The van der Waals surface area contributed by atoms with Crippen LogP contribution in [-0.4, -0.2) is 11.2 Å². The van der Waals surface area contributed by atoms with Gasteiger partial charge >= 0.3 is 0 Å². The van der Waals surface area contributed by atoms with Crippen LogP contribution in [0.15, 0.2) is 0 Å². The van der Waals surface area contributed by atoms with Gasteiger partial charge in [-0.3, -0.25) is 0 Å². The minimum atomic E-state index is -0.0550. The Morgan fingerprint density at radius 3 is 1.58 bits per heavy atom. The van der Waals surface area contributed by atoms with Crippen LogP contribution < -0.4 is 0 Å². The molecule has 0 aromatic heterocycles. The lowest BCUT2D eigenvalue weighted by molar-refractivity contribution is -0.00786. The van der Waals surface area contributed by atoms with E-state index < -0.39 is 0 Å². The second kappa shape index (κ2) is 3.37. The minimum absolute atomic E-state index is 0.0550. The van der Waals surface area contributed by atoms with Crippen molar-refractivity contribution in [3.63, 3.8) is 0 Å². The number of rotatable bonds is 3. The van der Waals surface area contributed by atoms with Crippen LogP contribution in [0.25, 0.3) is 0 Å². The van der Waals surface area contributed by atoms with Gasteiger partial charge in [-0.2, -0.15) is 0 Å². The Kier molecular flexibility index (Phi) is 2.40. The molecule has 0 saturated heterocycles. The van der Waals surface area contributed by atoms with E-state index in [0.29, 0.717) is 5.92 Å². The van der Waals surface area contributed by atoms with E-state index in [1.54, 1.807) is 0 Å². The van der Waals surface area contributed by atoms with Crippen molar-refractivity contribution >= 4 is 0 Å². The molecule has 2 aliphatic rings. The van der Waals surface area contributed by atoms with E-state index in [1.807, 2.05) is 6.92 Å². The topological polar surface area (TPSA) is 20.2 Å². The molecular formula is C11H20O. The first-order chi connectivity index (χ1) is 5.79. The summed E-state index contributed by atoms with van der Waals surface area (Å²) in [6, 6.07) is 0. The molecule has 0 aromatic rings. The minimum Gasteiger partial charge on any atom is -0.393 e. The van der Waals surface area contributed by atoms with Crippen LogP contribution in [-0.2, 0) is 0 Å². The molecule has 0 spiro atoms. The lowest BCUT2D eigenvalue weighted by atomic mass is 9.63. The van der Waals surface area contributed by atoms with Crippen molar-refractivity contribution < 1.29 is 5.11 Å². The van der Waals surface area contributed by atoms with Gasteiger partial charge in [-0.25, -0.2) is 0 Å². The molecule has 0 aromatic carbocycles. The fourth-order valence-electron chi connectivity index (χ4n) is 2.82. The van der Waals surface area contributed by atoms with E-state index in [0.717, 1.165) is 11.8 Å². The molecule has 2 rings (SSSR count). The van der Waals surface area contributed by atoms with Crippen LogP contribution in [0.1, 0.15) is 45.4 Å². The fourth-order valence-corrected chi connectivity index (χ4v) is 2.82. The van der Waals surface area contributed by atoms with Crippen LogP contribution in [0.4, 0.5) is 0 Å². The average Bonchev–Trinajstić information content (AvgIpc) is 1.77. The predicted molar refractivity (Wildman–Crippen MR) is 49.9 cm³/mol. The number of aliphatic hydroxyl groups excluding tert-OH is 1. The van der Waals surface area contributed by atoms with Crippen molar-refractivity contribution in [2.45, 2.75) is 51.6 Å². The smallest absolute Gasteiger partial charge is 0.0545 e. The normalized spacial score (nSPS) is 28.2. The van der Waals surface area contributed by atoms with Gasteiger partial charge in [-0.05, 0) is 24.7 Å². The van der Waals surface area contributed by atoms with E-state index in [4.69, 9.17) is 0 Å². The Morgan fingerprint density at radius 2 is 1.42 bits per heavy atom. The molecule has 0 amide bonds. The van der Waals surface area contributed by atoms with E-state index in [9.17, 15) is 5.11 Å². The molecule has 1 N–H and O–H groups in total. The first-order valence-corrected chi connectivity index (χ1v) is 5.47. The van der Waals surface area contributed by atoms with Gasteiger partial charge < -0.3 is 5.11 Å². The maximum absolute atomic E-state index is 9.68. The maximum atomic E-state index is 9.68. The summed E-state index contributed by atoms with van der Waals surface area (Å²) < 4.78 is 0. The quantitative estimate of drug-likeness (QED) is 0.686. The van der Waals surface area contributed by atoms with Crippen LogP contribution in [0, 0.1) is 17.8 Å². The first kappa shape index (κ1) is 8.55. The Labute approximate surface area is 75.2 Å². The Hall–Kier alpha value is -0.0400. The van der Waals surface area contributed by atoms with Crippen molar-refractivity contribution in [3.05, 3.63) is 0 Å². The molecule has 1 nitrogen and oxygen atoms in total. The zero-order valence-electron chi connectivity index (χ0n) is 8.00. The summed E-state index contributed by atoms with van der Waals surface area (Å²) in [6.45, 7) is 1.99. The summed E-state index contributed by atoms with van der Waals surface area (Å²) in [4.78, 5) is 0. The molecule has 2 fully saturated rings. The zero-order valence-corrected chi connectivity index (χ0v) is 8.00. The molecule has 12 heavy (non-hydrogen) atoms. The second-order valence-electron chi connectivity index (χ2n) is 4.70. The van der Waals surface area contributed by atoms with Gasteiger partial charge in [0.25, 0.3) is 0 Å². The molecule has 1 atom stereocenters. The van der Waals surface area contributed by atoms with Crippen molar-refractivity contribution in [2.24, 2.45) is 17.8 Å². The molecule has 1 unspecified atom stereocenters. The summed E-state index contributed by atoms with van der Waals surface area (Å²) in [5.74, 6) is 2.39. The molecule has 0 aliphatic heterocycles. The van der Waals surface area contributed by atoms with Gasteiger partial charge in [0.05, 0.1) is 6.10 Å². The van der Waals surface area contributed by atoms with Crippen molar-refractivity contribution in [1.29, 1.82) is 0 Å². The highest BCUT2D eigenvalue weighted by atomic mass is 16.3. The monoisotopic (exact) mass is 168 g/mol. The average molecular weight is 168 g/mol. The maximum Gasteiger partial charge on any atom is 0.0545 e. The molecule has 1 heteroatoms. The van der Waals surface area contributed by atoms with Crippen LogP contribution in [0.5, 0.6) is 0 Å². The highest BCUT2D eigenvalue weighted by molar-refractivity contribution is 4.88. The third kappa shape index (κ3) is 1.39. The molecule has 2 saturated carbocycles. The summed E-state index contributed by atoms with van der Waals surface area (Å²) in [6.07, 6.45) is 8.28. The summed E-state index contributed by atoms with van der Waals surface area (Å²) >= 11 is 0. The molecule has 0 radical (unpaired) electrons. The molecule has 2 aliphatic carbocycles. The highest BCUT2D eigenvalue weighted by Gasteiger charge is 2.38. The Balaban J connectivity index is 1.91. The van der Waals surface area contributed by atoms with Crippen molar-refractivity contribution in [1.82, 2.24) is 0 Å². The van der Waals surface area contributed by atoms with E-state index in [2.05, 4.69) is 0 Å². The van der Waals surface area contributed by atoms with Gasteiger partial charge in [-0.15, -0.1) is 0 Å². The third-order valence-corrected chi connectivity index (χ3v) is 3.95. The summed E-state index contributed by atoms with van der Waals surface area (Å²) in [7, 11) is 0. The van der Waals surface area contributed by atoms with E-state index in [-0.39, 0.29) is 6.10 Å². The second-order valence-corrected chi connectivity index (χ2v) is 4.70. The van der Waals surface area contributed by atoms with E-state index in [1.165, 1.54) is 38.5 Å². The first-order valence-electron chi connectivity index (χ1n) is 5.47. The highest BCUT2D eigenvalue weighted by Crippen LogP contribution is 2.45. The predicted octanol–water partition coefficient (Wildman–Crippen LogP) is 2.58. The third-order valence-electron chi connectivity index (χ3n) is 3.95. The zero-order chi connectivity index (χ0) is 8.55. The van der Waals surface area contributed by atoms with Crippen LogP contribution in [0.2, 0.25) is 0 Å². The van der Waals surface area contributed by atoms with Gasteiger partial charge in [-0.1, -0.05) is 38.5 Å². The molecular weight excluding hydrogens is 148 g/mol. The SMILES string of the molecule is CC(O)C(C1CCC1)C1CCC1. The lowest BCUT2D eigenvalue weighted by Crippen LogP contribution is -2.38. The van der Waals surface area contributed by atoms with E-state index >= 15 is 0 Å². The number of aliphatic hydroxyl groups is 1. The molecule has 70 valence electrons. The van der Waals surface area contributed by atoms with Crippen molar-refractivity contribution in [2.75, 3.05) is 0 Å². The fraction of sp³-hybridized carbons (Fsp3) is 1.00. The summed E-state index contributed by atoms with van der Waals surface area (Å²) in [5.41, 5.74) is 0. The largest absolute Gasteiger partial charge is 0.393 e.